The van der Waals surface area contributed by atoms with E-state index >= 15 is 0 Å². The van der Waals surface area contributed by atoms with Crippen molar-refractivity contribution >= 4 is 22.9 Å². The molecule has 0 bridgehead atoms. The molecule has 6 heteroatoms. The third kappa shape index (κ3) is 6.75. The largest absolute Gasteiger partial charge is 0.382 e. The normalized spacial score (nSPS) is 11.5. The molecular weight excluding hydrogens is 286 g/mol. The lowest BCUT2D eigenvalue weighted by atomic mass is 10.2. The fourth-order valence-electron chi connectivity index (χ4n) is 1.50. The molecule has 1 aromatic heterocycles. The van der Waals surface area contributed by atoms with E-state index in [1.165, 1.54) is 0 Å². The van der Waals surface area contributed by atoms with Crippen molar-refractivity contribution in [2.75, 3.05) is 41.0 Å². The van der Waals surface area contributed by atoms with Crippen LogP contribution in [0.15, 0.2) is 23.3 Å². The lowest BCUT2D eigenvalue weighted by Gasteiger charge is -2.11. The van der Waals surface area contributed by atoms with Crippen LogP contribution in [-0.4, -0.2) is 61.5 Å². The predicted molar refractivity (Wildman–Crippen MR) is 89.1 cm³/mol. The van der Waals surface area contributed by atoms with Crippen molar-refractivity contribution in [1.29, 1.82) is 0 Å². The monoisotopic (exact) mass is 309 g/mol. The molecule has 0 unspecified atom stereocenters. The number of rotatable bonds is 8. The van der Waals surface area contributed by atoms with Gasteiger partial charge in [0.05, 0.1) is 42.8 Å². The molecule has 0 saturated carbocycles. The van der Waals surface area contributed by atoms with Gasteiger partial charge in [0.15, 0.2) is 0 Å². The fraction of sp³-hybridized carbons (Fsp3) is 0.533. The Morgan fingerprint density at radius 2 is 2.14 bits per heavy atom. The van der Waals surface area contributed by atoms with Gasteiger partial charge in [-0.15, -0.1) is 0 Å². The minimum atomic E-state index is 0.504. The van der Waals surface area contributed by atoms with E-state index in [0.29, 0.717) is 26.4 Å². The van der Waals surface area contributed by atoms with Crippen LogP contribution in [-0.2, 0) is 16.1 Å². The van der Waals surface area contributed by atoms with Gasteiger partial charge in [-0.2, -0.15) is 0 Å². The van der Waals surface area contributed by atoms with Crippen LogP contribution in [0.5, 0.6) is 0 Å². The summed E-state index contributed by atoms with van der Waals surface area (Å²) in [7, 11) is 5.50. The van der Waals surface area contributed by atoms with Crippen LogP contribution in [0.4, 0.5) is 0 Å². The molecule has 0 spiro atoms. The van der Waals surface area contributed by atoms with Crippen LogP contribution in [0.1, 0.15) is 18.2 Å². The topological polar surface area (TPSA) is 47.0 Å². The van der Waals surface area contributed by atoms with E-state index in [1.807, 2.05) is 38.1 Å². The summed E-state index contributed by atoms with van der Waals surface area (Å²) < 4.78 is 10.4. The predicted octanol–water partition coefficient (Wildman–Crippen LogP) is 1.94. The van der Waals surface area contributed by atoms with Gasteiger partial charge < -0.3 is 14.4 Å². The molecule has 0 aliphatic carbocycles. The van der Waals surface area contributed by atoms with E-state index in [0.717, 1.165) is 22.0 Å². The average molecular weight is 309 g/mol. The highest BCUT2D eigenvalue weighted by Gasteiger charge is 2.03. The number of nitrogens with zero attached hydrogens (tertiary/aromatic N) is 3. The molecule has 5 nitrogen and oxygen atoms in total. The second kappa shape index (κ2) is 9.55. The van der Waals surface area contributed by atoms with Crippen molar-refractivity contribution in [3.63, 3.8) is 0 Å². The standard InChI is InChI=1S/C15H23N3O2S/c1-12(17-10-15(21)18(2)3)14-9-13(5-6-16-14)11-20-8-7-19-4/h5-6,9H,7-8,10-11H2,1-4H3. The first-order chi connectivity index (χ1) is 10.0. The van der Waals surface area contributed by atoms with E-state index in [-0.39, 0.29) is 0 Å². The van der Waals surface area contributed by atoms with Crippen molar-refractivity contribution in [2.24, 2.45) is 4.99 Å². The molecule has 0 saturated heterocycles. The maximum atomic E-state index is 5.50. The number of hydrogen-bond donors (Lipinski definition) is 0. The summed E-state index contributed by atoms with van der Waals surface area (Å²) in [4.78, 5) is 11.5. The van der Waals surface area contributed by atoms with Crippen LogP contribution in [0.2, 0.25) is 0 Å². The van der Waals surface area contributed by atoms with E-state index in [2.05, 4.69) is 9.98 Å². The quantitative estimate of drug-likeness (QED) is 0.417. The first-order valence-corrected chi connectivity index (χ1v) is 7.18. The molecular formula is C15H23N3O2S. The summed E-state index contributed by atoms with van der Waals surface area (Å²) in [5, 5.41) is 0. The Morgan fingerprint density at radius 1 is 1.38 bits per heavy atom. The number of aliphatic imine (C=N–C) groups is 1. The molecule has 0 N–H and O–H groups in total. The smallest absolute Gasteiger partial charge is 0.0992 e. The molecule has 1 rings (SSSR count). The van der Waals surface area contributed by atoms with Gasteiger partial charge >= 0.3 is 0 Å². The van der Waals surface area contributed by atoms with Gasteiger partial charge in [0.2, 0.25) is 0 Å². The van der Waals surface area contributed by atoms with E-state index in [4.69, 9.17) is 21.7 Å². The summed E-state index contributed by atoms with van der Waals surface area (Å²) in [5.41, 5.74) is 2.79. The van der Waals surface area contributed by atoms with Crippen molar-refractivity contribution in [3.8, 4) is 0 Å². The van der Waals surface area contributed by atoms with Gasteiger partial charge in [-0.1, -0.05) is 12.2 Å². The van der Waals surface area contributed by atoms with Gasteiger partial charge in [-0.05, 0) is 24.6 Å². The lowest BCUT2D eigenvalue weighted by Crippen LogP contribution is -2.22. The van der Waals surface area contributed by atoms with Crippen LogP contribution in [0, 0.1) is 0 Å². The Balaban J connectivity index is 2.61. The van der Waals surface area contributed by atoms with Crippen LogP contribution < -0.4 is 0 Å². The average Bonchev–Trinajstić information content (AvgIpc) is 2.49. The first kappa shape index (κ1) is 17.7. The van der Waals surface area contributed by atoms with E-state index in [9.17, 15) is 0 Å². The summed E-state index contributed by atoms with van der Waals surface area (Å²) in [6.45, 7) is 4.17. The van der Waals surface area contributed by atoms with Gasteiger partial charge in [-0.25, -0.2) is 0 Å². The molecule has 116 valence electrons. The number of ether oxygens (including phenoxy) is 2. The molecule has 1 heterocycles. The highest BCUT2D eigenvalue weighted by molar-refractivity contribution is 7.80. The zero-order valence-corrected chi connectivity index (χ0v) is 13.9. The lowest BCUT2D eigenvalue weighted by molar-refractivity contribution is 0.0616. The van der Waals surface area contributed by atoms with Crippen molar-refractivity contribution in [2.45, 2.75) is 13.5 Å². The Kier molecular flexibility index (Phi) is 8.04. The van der Waals surface area contributed by atoms with E-state index < -0.39 is 0 Å². The van der Waals surface area contributed by atoms with Crippen molar-refractivity contribution in [1.82, 2.24) is 9.88 Å². The third-order valence-electron chi connectivity index (χ3n) is 2.85. The molecule has 0 aromatic carbocycles. The zero-order valence-electron chi connectivity index (χ0n) is 13.1. The Bertz CT molecular complexity index is 490. The SMILES string of the molecule is COCCOCc1ccnc(C(C)=NCC(=S)N(C)C)c1. The first-order valence-electron chi connectivity index (χ1n) is 6.77. The molecule has 0 fully saturated rings. The van der Waals surface area contributed by atoms with Crippen LogP contribution in [0.25, 0.3) is 0 Å². The molecule has 1 aromatic rings. The van der Waals surface area contributed by atoms with E-state index in [1.54, 1.807) is 13.3 Å². The van der Waals surface area contributed by atoms with Gasteiger partial charge in [0.1, 0.15) is 0 Å². The maximum absolute atomic E-state index is 5.50. The molecule has 0 aliphatic rings. The number of likely N-dealkylation sites (N-methyl/N-ethyl adjacent to an activating group) is 1. The Hall–Kier alpha value is -1.37. The fourth-order valence-corrected chi connectivity index (χ4v) is 1.57. The summed E-state index contributed by atoms with van der Waals surface area (Å²) in [6.07, 6.45) is 1.77. The molecule has 0 aliphatic heterocycles. The highest BCUT2D eigenvalue weighted by Crippen LogP contribution is 2.05. The zero-order chi connectivity index (χ0) is 15.7. The van der Waals surface area contributed by atoms with Gasteiger partial charge in [0.25, 0.3) is 0 Å². The number of pyridine rings is 1. The number of thiocarbonyl (C=S) groups is 1. The second-order valence-corrected chi connectivity index (χ2v) is 5.26. The molecule has 0 radical (unpaired) electrons. The summed E-state index contributed by atoms with van der Waals surface area (Å²) in [5.74, 6) is 0. The van der Waals surface area contributed by atoms with Crippen molar-refractivity contribution < 1.29 is 9.47 Å². The summed E-state index contributed by atoms with van der Waals surface area (Å²) >= 11 is 5.22. The Morgan fingerprint density at radius 3 is 2.81 bits per heavy atom. The Labute approximate surface area is 132 Å². The third-order valence-corrected chi connectivity index (χ3v) is 3.34. The number of hydrogen-bond acceptors (Lipinski definition) is 5. The maximum Gasteiger partial charge on any atom is 0.0992 e. The van der Waals surface area contributed by atoms with Gasteiger partial charge in [-0.3, -0.25) is 9.98 Å². The van der Waals surface area contributed by atoms with Crippen LogP contribution in [0.3, 0.4) is 0 Å². The minimum Gasteiger partial charge on any atom is -0.382 e. The number of methoxy groups -OCH3 is 1. The summed E-state index contributed by atoms with van der Waals surface area (Å²) in [6, 6.07) is 3.93. The van der Waals surface area contributed by atoms with Gasteiger partial charge in [0, 0.05) is 27.4 Å². The van der Waals surface area contributed by atoms with Crippen LogP contribution >= 0.6 is 12.2 Å². The minimum absolute atomic E-state index is 0.504. The van der Waals surface area contributed by atoms with Crippen molar-refractivity contribution in [3.05, 3.63) is 29.6 Å². The number of aromatic nitrogens is 1. The molecule has 21 heavy (non-hydrogen) atoms. The highest BCUT2D eigenvalue weighted by atomic mass is 32.1. The molecule has 0 atom stereocenters. The molecule has 0 amide bonds. The second-order valence-electron chi connectivity index (χ2n) is 4.78.